The van der Waals surface area contributed by atoms with Crippen molar-refractivity contribution in [1.82, 2.24) is 10.2 Å². The molecule has 0 spiro atoms. The lowest BCUT2D eigenvalue weighted by atomic mass is 10.0. The van der Waals surface area contributed by atoms with E-state index < -0.39 is 5.97 Å². The van der Waals surface area contributed by atoms with Crippen LogP contribution in [0.15, 0.2) is 30.3 Å². The van der Waals surface area contributed by atoms with E-state index in [1.54, 1.807) is 11.9 Å². The number of likely N-dealkylation sites (N-methyl/N-ethyl adjacent to an activating group) is 1. The first-order valence-corrected chi connectivity index (χ1v) is 7.17. The van der Waals surface area contributed by atoms with Crippen LogP contribution in [0.2, 0.25) is 0 Å². The Balaban J connectivity index is 2.47. The summed E-state index contributed by atoms with van der Waals surface area (Å²) in [7, 11) is 1.72. The van der Waals surface area contributed by atoms with Crippen LogP contribution in [-0.2, 0) is 11.2 Å². The highest BCUT2D eigenvalue weighted by Gasteiger charge is 2.20. The molecule has 21 heavy (non-hydrogen) atoms. The molecular weight excluding hydrogens is 268 g/mol. The average Bonchev–Trinajstić information content (AvgIpc) is 2.44. The molecule has 2 amide bonds. The highest BCUT2D eigenvalue weighted by Crippen LogP contribution is 2.07. The minimum atomic E-state index is -0.902. The quantitative estimate of drug-likeness (QED) is 0.810. The molecule has 0 unspecified atom stereocenters. The van der Waals surface area contributed by atoms with Gasteiger partial charge < -0.3 is 15.3 Å². The second-order valence-corrected chi connectivity index (χ2v) is 5.56. The van der Waals surface area contributed by atoms with Gasteiger partial charge in [0.25, 0.3) is 0 Å². The molecule has 0 bridgehead atoms. The van der Waals surface area contributed by atoms with E-state index in [1.807, 2.05) is 44.2 Å². The number of carboxylic acids is 1. The van der Waals surface area contributed by atoms with Crippen molar-refractivity contribution >= 4 is 12.0 Å². The molecular formula is C16H24N2O3. The number of carboxylic acid groups (broad SMARTS) is 1. The second kappa shape index (κ2) is 8.29. The molecule has 0 aliphatic carbocycles. The van der Waals surface area contributed by atoms with Crippen LogP contribution in [-0.4, -0.2) is 41.6 Å². The third-order valence-corrected chi connectivity index (χ3v) is 3.43. The number of aliphatic carboxylic acids is 1. The van der Waals surface area contributed by atoms with Crippen LogP contribution in [0.4, 0.5) is 4.79 Å². The zero-order valence-corrected chi connectivity index (χ0v) is 12.9. The van der Waals surface area contributed by atoms with Gasteiger partial charge in [-0.2, -0.15) is 0 Å². The van der Waals surface area contributed by atoms with E-state index in [2.05, 4.69) is 5.32 Å². The molecule has 116 valence electrons. The zero-order valence-electron chi connectivity index (χ0n) is 12.9. The summed E-state index contributed by atoms with van der Waals surface area (Å²) >= 11 is 0. The number of hydrogen-bond acceptors (Lipinski definition) is 2. The van der Waals surface area contributed by atoms with Gasteiger partial charge in [0.15, 0.2) is 0 Å². The van der Waals surface area contributed by atoms with Crippen LogP contribution in [0.3, 0.4) is 0 Å². The highest BCUT2D eigenvalue weighted by molar-refractivity contribution is 5.75. The second-order valence-electron chi connectivity index (χ2n) is 5.56. The van der Waals surface area contributed by atoms with Crippen LogP contribution in [0.25, 0.3) is 0 Å². The maximum absolute atomic E-state index is 12.1. The Bertz CT molecular complexity index is 460. The number of carbonyl (C=O) groups is 2. The number of rotatable bonds is 7. The number of carbonyl (C=O) groups excluding carboxylic acids is 1. The molecule has 0 radical (unpaired) electrons. The lowest BCUT2D eigenvalue weighted by Crippen LogP contribution is -2.46. The zero-order chi connectivity index (χ0) is 15.8. The molecule has 0 aromatic heterocycles. The number of hydrogen-bond donors (Lipinski definition) is 2. The Labute approximate surface area is 126 Å². The normalized spacial score (nSPS) is 12.0. The summed E-state index contributed by atoms with van der Waals surface area (Å²) < 4.78 is 0. The Morgan fingerprint density at radius 3 is 2.38 bits per heavy atom. The molecule has 5 heteroatoms. The van der Waals surface area contributed by atoms with Gasteiger partial charge in [0.1, 0.15) is 0 Å². The van der Waals surface area contributed by atoms with Gasteiger partial charge in [-0.25, -0.2) is 4.79 Å². The molecule has 0 aliphatic rings. The van der Waals surface area contributed by atoms with Crippen LogP contribution >= 0.6 is 0 Å². The predicted octanol–water partition coefficient (Wildman–Crippen LogP) is 2.37. The fraction of sp³-hybridized carbons (Fsp3) is 0.500. The minimum Gasteiger partial charge on any atom is -0.481 e. The van der Waals surface area contributed by atoms with Crippen molar-refractivity contribution in [3.8, 4) is 0 Å². The number of urea groups is 1. The van der Waals surface area contributed by atoms with Crippen molar-refractivity contribution in [2.45, 2.75) is 32.7 Å². The van der Waals surface area contributed by atoms with Gasteiger partial charge in [-0.1, -0.05) is 44.2 Å². The molecule has 0 saturated carbocycles. The van der Waals surface area contributed by atoms with Crippen LogP contribution in [0, 0.1) is 5.92 Å². The summed E-state index contributed by atoms with van der Waals surface area (Å²) in [4.78, 5) is 24.5. The maximum Gasteiger partial charge on any atom is 0.317 e. The van der Waals surface area contributed by atoms with E-state index in [0.717, 1.165) is 6.42 Å². The fourth-order valence-electron chi connectivity index (χ4n) is 1.95. The van der Waals surface area contributed by atoms with E-state index in [1.165, 1.54) is 5.56 Å². The third-order valence-electron chi connectivity index (χ3n) is 3.43. The Hall–Kier alpha value is -2.04. The van der Waals surface area contributed by atoms with Gasteiger partial charge in [0.2, 0.25) is 0 Å². The summed E-state index contributed by atoms with van der Waals surface area (Å²) in [5.74, 6) is -0.825. The van der Waals surface area contributed by atoms with Crippen LogP contribution in [0.1, 0.15) is 25.8 Å². The topological polar surface area (TPSA) is 69.6 Å². The molecule has 5 nitrogen and oxygen atoms in total. The Kier molecular flexibility index (Phi) is 6.72. The number of amides is 2. The minimum absolute atomic E-state index is 0.0596. The van der Waals surface area contributed by atoms with Gasteiger partial charge >= 0.3 is 12.0 Å². The van der Waals surface area contributed by atoms with Crippen LogP contribution in [0.5, 0.6) is 0 Å². The van der Waals surface area contributed by atoms with Crippen molar-refractivity contribution < 1.29 is 14.7 Å². The van der Waals surface area contributed by atoms with E-state index in [0.29, 0.717) is 6.54 Å². The number of benzene rings is 1. The van der Waals surface area contributed by atoms with Gasteiger partial charge in [-0.3, -0.25) is 4.79 Å². The maximum atomic E-state index is 12.1. The summed E-state index contributed by atoms with van der Waals surface area (Å²) in [6.45, 7) is 4.39. The third kappa shape index (κ3) is 6.29. The van der Waals surface area contributed by atoms with Gasteiger partial charge in [-0.05, 0) is 17.9 Å². The summed E-state index contributed by atoms with van der Waals surface area (Å²) in [6.07, 6.45) is 0.714. The lowest BCUT2D eigenvalue weighted by molar-refractivity contribution is -0.137. The average molecular weight is 292 g/mol. The van der Waals surface area contributed by atoms with Crippen molar-refractivity contribution in [1.29, 1.82) is 0 Å². The molecule has 0 fully saturated rings. The van der Waals surface area contributed by atoms with Crippen LogP contribution < -0.4 is 5.32 Å². The van der Waals surface area contributed by atoms with Crippen molar-refractivity contribution in [2.75, 3.05) is 13.6 Å². The van der Waals surface area contributed by atoms with Crippen molar-refractivity contribution in [3.63, 3.8) is 0 Å². The fourth-order valence-corrected chi connectivity index (χ4v) is 1.95. The molecule has 0 aliphatic heterocycles. The number of nitrogens with one attached hydrogen (secondary N) is 1. The predicted molar refractivity (Wildman–Crippen MR) is 82.2 cm³/mol. The van der Waals surface area contributed by atoms with Gasteiger partial charge in [0, 0.05) is 19.6 Å². The molecule has 1 atom stereocenters. The van der Waals surface area contributed by atoms with E-state index in [4.69, 9.17) is 5.11 Å². The van der Waals surface area contributed by atoms with Gasteiger partial charge in [0.05, 0.1) is 6.42 Å². The summed E-state index contributed by atoms with van der Waals surface area (Å²) in [6, 6.07) is 9.35. The first-order valence-electron chi connectivity index (χ1n) is 7.17. The molecule has 2 N–H and O–H groups in total. The standard InChI is InChI=1S/C16H24N2O3/c1-12(2)14(11-15(19)20)17-16(21)18(3)10-9-13-7-5-4-6-8-13/h4-8,12,14H,9-11H2,1-3H3,(H,17,21)(H,19,20)/t14-/m1/s1. The smallest absolute Gasteiger partial charge is 0.317 e. The van der Waals surface area contributed by atoms with Crippen molar-refractivity contribution in [2.24, 2.45) is 5.92 Å². The van der Waals surface area contributed by atoms with Gasteiger partial charge in [-0.15, -0.1) is 0 Å². The van der Waals surface area contributed by atoms with E-state index in [9.17, 15) is 9.59 Å². The highest BCUT2D eigenvalue weighted by atomic mass is 16.4. The monoisotopic (exact) mass is 292 g/mol. The Morgan fingerprint density at radius 1 is 1.24 bits per heavy atom. The SMILES string of the molecule is CC(C)[C@@H](CC(=O)O)NC(=O)N(C)CCc1ccccc1. The molecule has 0 heterocycles. The molecule has 1 rings (SSSR count). The first kappa shape index (κ1) is 17.0. The van der Waals surface area contributed by atoms with E-state index >= 15 is 0 Å². The van der Waals surface area contributed by atoms with Crippen molar-refractivity contribution in [3.05, 3.63) is 35.9 Å². The number of nitrogens with zero attached hydrogens (tertiary/aromatic N) is 1. The Morgan fingerprint density at radius 2 is 1.86 bits per heavy atom. The molecule has 1 aromatic rings. The summed E-state index contributed by atoms with van der Waals surface area (Å²) in [5, 5.41) is 11.7. The first-order chi connectivity index (χ1) is 9.90. The molecule has 0 saturated heterocycles. The lowest BCUT2D eigenvalue weighted by Gasteiger charge is -2.25. The van der Waals surface area contributed by atoms with E-state index in [-0.39, 0.29) is 24.4 Å². The molecule has 1 aromatic carbocycles. The summed E-state index contributed by atoms with van der Waals surface area (Å²) in [5.41, 5.74) is 1.17. The largest absolute Gasteiger partial charge is 0.481 e.